The lowest BCUT2D eigenvalue weighted by Crippen LogP contribution is -2.41. The smallest absolute Gasteiger partial charge is 0.481 e. The van der Waals surface area contributed by atoms with Crippen molar-refractivity contribution in [3.8, 4) is 0 Å². The van der Waals surface area contributed by atoms with Gasteiger partial charge in [0, 0.05) is 0 Å². The first kappa shape index (κ1) is 13.1. The second-order valence-electron chi connectivity index (χ2n) is 5.32. The molecule has 0 aromatic heterocycles. The third-order valence-corrected chi connectivity index (χ3v) is 3.44. The van der Waals surface area contributed by atoms with Gasteiger partial charge in [0.15, 0.2) is 0 Å². The van der Waals surface area contributed by atoms with Crippen molar-refractivity contribution >= 4 is 13.3 Å². The molecule has 0 aliphatic carbocycles. The monoisotopic (exact) mass is 248 g/mol. The van der Waals surface area contributed by atoms with Crippen molar-refractivity contribution in [2.24, 2.45) is 0 Å². The zero-order valence-corrected chi connectivity index (χ0v) is 11.1. The summed E-state index contributed by atoms with van der Waals surface area (Å²) in [5.41, 5.74) is -0.532. The topological polar surface area (TPSA) is 44.8 Å². The fourth-order valence-electron chi connectivity index (χ4n) is 1.57. The van der Waals surface area contributed by atoms with Gasteiger partial charge in [-0.25, -0.2) is 4.79 Å². The molecule has 0 bridgehead atoms. The summed E-state index contributed by atoms with van der Waals surface area (Å²) in [5, 5.41) is 0. The summed E-state index contributed by atoms with van der Waals surface area (Å²) in [6.07, 6.45) is 0. The molecule has 96 valence electrons. The van der Waals surface area contributed by atoms with E-state index in [4.69, 9.17) is 14.0 Å². The van der Waals surface area contributed by atoms with E-state index >= 15 is 0 Å². The van der Waals surface area contributed by atoms with Gasteiger partial charge >= 0.3 is 13.3 Å². The van der Waals surface area contributed by atoms with Crippen LogP contribution in [-0.2, 0) is 14.0 Å². The number of carbonyl (C=O) groups is 1. The molecule has 0 radical (unpaired) electrons. The molecule has 0 saturated carbocycles. The Bertz CT molecular complexity index is 426. The number of benzene rings is 1. The maximum absolute atomic E-state index is 11.8. The van der Waals surface area contributed by atoms with Crippen LogP contribution in [0.3, 0.4) is 0 Å². The number of carbonyl (C=O) groups excluding carboxylic acids is 1. The lowest BCUT2D eigenvalue weighted by Gasteiger charge is -2.31. The van der Waals surface area contributed by atoms with Gasteiger partial charge < -0.3 is 14.0 Å². The summed E-state index contributed by atoms with van der Waals surface area (Å²) < 4.78 is 16.4. The molecule has 1 aromatic rings. The Hall–Kier alpha value is -1.33. The molecule has 1 aliphatic heterocycles. The fourth-order valence-corrected chi connectivity index (χ4v) is 1.57. The molecule has 5 heteroatoms. The largest absolute Gasteiger partial charge is 0.716 e. The Morgan fingerprint density at radius 1 is 1.06 bits per heavy atom. The van der Waals surface area contributed by atoms with Crippen molar-refractivity contribution in [1.82, 2.24) is 0 Å². The molecule has 4 nitrogen and oxygen atoms in total. The highest BCUT2D eigenvalue weighted by atomic mass is 16.8. The highest BCUT2D eigenvalue weighted by Gasteiger charge is 2.54. The van der Waals surface area contributed by atoms with Crippen molar-refractivity contribution in [1.29, 1.82) is 0 Å². The van der Waals surface area contributed by atoms with Gasteiger partial charge in [-0.2, -0.15) is 0 Å². The lowest BCUT2D eigenvalue weighted by atomic mass is 9.90. The molecule has 1 aliphatic rings. The van der Waals surface area contributed by atoms with Gasteiger partial charge in [-0.05, 0) is 39.8 Å². The van der Waals surface area contributed by atoms with Crippen molar-refractivity contribution in [3.05, 3.63) is 35.9 Å². The zero-order chi connectivity index (χ0) is 13.4. The summed E-state index contributed by atoms with van der Waals surface area (Å²) in [5.74, 6) is -0.450. The van der Waals surface area contributed by atoms with Gasteiger partial charge in [-0.1, -0.05) is 18.2 Å². The predicted octanol–water partition coefficient (Wildman–Crippen LogP) is 2.43. The minimum Gasteiger partial charge on any atom is -0.481 e. The summed E-state index contributed by atoms with van der Waals surface area (Å²) in [6.45, 7) is 7.62. The van der Waals surface area contributed by atoms with Crippen LogP contribution in [0.25, 0.3) is 0 Å². The molecule has 0 amide bonds. The van der Waals surface area contributed by atoms with E-state index in [9.17, 15) is 4.79 Å². The summed E-state index contributed by atoms with van der Waals surface area (Å²) >= 11 is 0. The molecule has 0 N–H and O–H groups in total. The van der Waals surface area contributed by atoms with E-state index in [1.165, 1.54) is 0 Å². The molecule has 0 spiro atoms. The minimum atomic E-state index is -0.956. The quantitative estimate of drug-likeness (QED) is 0.754. The van der Waals surface area contributed by atoms with Crippen LogP contribution in [0.4, 0.5) is 0 Å². The summed E-state index contributed by atoms with van der Waals surface area (Å²) in [7, 11) is -0.956. The van der Waals surface area contributed by atoms with Crippen LogP contribution in [0, 0.1) is 0 Å². The summed E-state index contributed by atoms with van der Waals surface area (Å²) in [4.78, 5) is 11.8. The molecule has 1 aromatic carbocycles. The average Bonchev–Trinajstić information content (AvgIpc) is 2.48. The first-order valence-corrected chi connectivity index (χ1v) is 5.93. The standard InChI is InChI=1S/C13H17BO4/c1-12(2)13(3,4)18-14(17-12)16-11(15)10-8-6-5-7-9-10/h5-9H,1-4H3. The molecular weight excluding hydrogens is 231 g/mol. The second-order valence-corrected chi connectivity index (χ2v) is 5.32. The molecule has 1 fully saturated rings. The van der Waals surface area contributed by atoms with Gasteiger partial charge in [-0.3, -0.25) is 0 Å². The van der Waals surface area contributed by atoms with Gasteiger partial charge in [0.2, 0.25) is 0 Å². The van der Waals surface area contributed by atoms with E-state index in [0.717, 1.165) is 0 Å². The summed E-state index contributed by atoms with van der Waals surface area (Å²) in [6, 6.07) is 8.77. The Balaban J connectivity index is 2.03. The second kappa shape index (κ2) is 4.41. The predicted molar refractivity (Wildman–Crippen MR) is 67.9 cm³/mol. The van der Waals surface area contributed by atoms with E-state index in [1.54, 1.807) is 24.3 Å². The van der Waals surface area contributed by atoms with Crippen LogP contribution in [0.5, 0.6) is 0 Å². The van der Waals surface area contributed by atoms with Crippen molar-refractivity contribution in [3.63, 3.8) is 0 Å². The van der Waals surface area contributed by atoms with Crippen LogP contribution >= 0.6 is 0 Å². The van der Waals surface area contributed by atoms with E-state index in [-0.39, 0.29) is 0 Å². The first-order chi connectivity index (χ1) is 8.32. The van der Waals surface area contributed by atoms with Crippen LogP contribution in [-0.4, -0.2) is 24.5 Å². The Morgan fingerprint density at radius 2 is 1.56 bits per heavy atom. The van der Waals surface area contributed by atoms with Crippen molar-refractivity contribution < 1.29 is 18.8 Å². The van der Waals surface area contributed by atoms with Gasteiger partial charge in [0.05, 0.1) is 16.8 Å². The van der Waals surface area contributed by atoms with Gasteiger partial charge in [0.1, 0.15) is 0 Å². The molecule has 2 rings (SSSR count). The van der Waals surface area contributed by atoms with Gasteiger partial charge in [0.25, 0.3) is 0 Å². The lowest BCUT2D eigenvalue weighted by molar-refractivity contribution is 0.00578. The van der Waals surface area contributed by atoms with Gasteiger partial charge in [-0.15, -0.1) is 0 Å². The van der Waals surface area contributed by atoms with Crippen LogP contribution in [0.2, 0.25) is 0 Å². The first-order valence-electron chi connectivity index (χ1n) is 5.93. The molecule has 1 saturated heterocycles. The highest BCUT2D eigenvalue weighted by Crippen LogP contribution is 2.36. The number of rotatable bonds is 2. The Labute approximate surface area is 107 Å². The third kappa shape index (κ3) is 2.42. The highest BCUT2D eigenvalue weighted by molar-refractivity contribution is 6.41. The van der Waals surface area contributed by atoms with Crippen molar-refractivity contribution in [2.75, 3.05) is 0 Å². The number of hydrogen-bond donors (Lipinski definition) is 0. The fraction of sp³-hybridized carbons (Fsp3) is 0.462. The molecule has 18 heavy (non-hydrogen) atoms. The normalized spacial score (nSPS) is 20.8. The SMILES string of the molecule is CC1(C)OB(OC(=O)c2ccccc2)OC1(C)C. The third-order valence-electron chi connectivity index (χ3n) is 3.44. The van der Waals surface area contributed by atoms with E-state index in [2.05, 4.69) is 0 Å². The Morgan fingerprint density at radius 3 is 2.06 bits per heavy atom. The van der Waals surface area contributed by atoms with Crippen LogP contribution in [0.1, 0.15) is 38.1 Å². The van der Waals surface area contributed by atoms with Crippen LogP contribution < -0.4 is 0 Å². The van der Waals surface area contributed by atoms with Crippen LogP contribution in [0.15, 0.2) is 30.3 Å². The molecule has 0 unspecified atom stereocenters. The van der Waals surface area contributed by atoms with E-state index < -0.39 is 24.5 Å². The maximum atomic E-state index is 11.8. The van der Waals surface area contributed by atoms with E-state index in [0.29, 0.717) is 5.56 Å². The van der Waals surface area contributed by atoms with E-state index in [1.807, 2.05) is 33.8 Å². The minimum absolute atomic E-state index is 0.450. The zero-order valence-electron chi connectivity index (χ0n) is 11.1. The van der Waals surface area contributed by atoms with Crippen molar-refractivity contribution in [2.45, 2.75) is 38.9 Å². The molecule has 0 atom stereocenters. The molecule has 1 heterocycles. The number of hydrogen-bond acceptors (Lipinski definition) is 4. The molecular formula is C13H17BO4. The Kier molecular flexibility index (Phi) is 3.21. The maximum Gasteiger partial charge on any atom is 0.716 e. The average molecular weight is 248 g/mol.